The summed E-state index contributed by atoms with van der Waals surface area (Å²) in [5.41, 5.74) is 1.50. The predicted molar refractivity (Wildman–Crippen MR) is 124 cm³/mol. The number of carbonyl (C=O) groups is 1. The zero-order chi connectivity index (χ0) is 23.4. The van der Waals surface area contributed by atoms with Crippen LogP contribution in [0.25, 0.3) is 5.69 Å². The van der Waals surface area contributed by atoms with Gasteiger partial charge in [-0.2, -0.15) is 5.10 Å². The van der Waals surface area contributed by atoms with E-state index in [9.17, 15) is 9.59 Å². The van der Waals surface area contributed by atoms with Gasteiger partial charge in [-0.3, -0.25) is 0 Å². The van der Waals surface area contributed by atoms with Gasteiger partial charge in [-0.15, -0.1) is 0 Å². The number of amides is 2. The molecule has 2 amide bonds. The van der Waals surface area contributed by atoms with E-state index in [-0.39, 0.29) is 17.6 Å². The van der Waals surface area contributed by atoms with Crippen molar-refractivity contribution in [3.05, 3.63) is 70.4 Å². The minimum absolute atomic E-state index is 0.0281. The molecule has 4 rings (SSSR count). The van der Waals surface area contributed by atoms with Crippen LogP contribution in [0.15, 0.2) is 53.3 Å². The number of hydrogen-bond acceptors (Lipinski definition) is 5. The van der Waals surface area contributed by atoms with E-state index < -0.39 is 0 Å². The minimum Gasteiger partial charge on any atom is -0.493 e. The smallest absolute Gasteiger partial charge is 0.350 e. The van der Waals surface area contributed by atoms with Crippen LogP contribution < -0.4 is 20.5 Å². The number of nitrogens with zero attached hydrogens (tertiary/aromatic N) is 4. The number of aromatic nitrogens is 3. The fourth-order valence-corrected chi connectivity index (χ4v) is 4.22. The molecule has 1 atom stereocenters. The molecular weight excluding hydrogens is 422 g/mol. The Balaban J connectivity index is 1.47. The van der Waals surface area contributed by atoms with Crippen molar-refractivity contribution in [2.75, 3.05) is 27.3 Å². The highest BCUT2D eigenvalue weighted by Crippen LogP contribution is 2.28. The second-order valence-corrected chi connectivity index (χ2v) is 8.07. The maximum absolute atomic E-state index is 12.9. The van der Waals surface area contributed by atoms with Crippen molar-refractivity contribution in [1.29, 1.82) is 0 Å². The van der Waals surface area contributed by atoms with Gasteiger partial charge in [0, 0.05) is 32.6 Å². The Kier molecular flexibility index (Phi) is 6.67. The molecule has 1 aliphatic heterocycles. The number of carbonyl (C=O) groups excluding carboxylic acids is 1. The number of piperidine rings is 1. The van der Waals surface area contributed by atoms with Crippen LogP contribution >= 0.6 is 0 Å². The van der Waals surface area contributed by atoms with Gasteiger partial charge in [0.05, 0.1) is 19.9 Å². The molecule has 2 heterocycles. The molecule has 9 nitrogen and oxygen atoms in total. The molecule has 2 aromatic carbocycles. The highest BCUT2D eigenvalue weighted by Gasteiger charge is 2.29. The Labute approximate surface area is 192 Å². The topological polar surface area (TPSA) is 90.6 Å². The van der Waals surface area contributed by atoms with Crippen molar-refractivity contribution in [3.8, 4) is 17.2 Å². The quantitative estimate of drug-likeness (QED) is 0.622. The average molecular weight is 452 g/mol. The van der Waals surface area contributed by atoms with Gasteiger partial charge in [-0.05, 0) is 42.7 Å². The Morgan fingerprint density at radius 1 is 1.12 bits per heavy atom. The van der Waals surface area contributed by atoms with E-state index in [0.29, 0.717) is 37.0 Å². The van der Waals surface area contributed by atoms with E-state index in [1.54, 1.807) is 30.7 Å². The summed E-state index contributed by atoms with van der Waals surface area (Å²) in [7, 11) is 4.83. The summed E-state index contributed by atoms with van der Waals surface area (Å²) in [6.07, 6.45) is 1.71. The molecular formula is C24H29N5O4. The van der Waals surface area contributed by atoms with Crippen molar-refractivity contribution in [3.63, 3.8) is 0 Å². The summed E-state index contributed by atoms with van der Waals surface area (Å²) >= 11 is 0. The van der Waals surface area contributed by atoms with E-state index in [1.807, 2.05) is 48.5 Å². The molecule has 0 aliphatic carbocycles. The molecule has 0 saturated carbocycles. The van der Waals surface area contributed by atoms with Crippen molar-refractivity contribution in [1.82, 2.24) is 24.6 Å². The first-order valence-corrected chi connectivity index (χ1v) is 11.0. The van der Waals surface area contributed by atoms with Crippen LogP contribution in [0.1, 0.15) is 30.1 Å². The van der Waals surface area contributed by atoms with Crippen molar-refractivity contribution in [2.24, 2.45) is 7.05 Å². The summed E-state index contributed by atoms with van der Waals surface area (Å²) in [6, 6.07) is 14.9. The number of likely N-dealkylation sites (tertiary alicyclic amines) is 1. The molecule has 1 saturated heterocycles. The van der Waals surface area contributed by atoms with Crippen molar-refractivity contribution < 1.29 is 14.3 Å². The van der Waals surface area contributed by atoms with Crippen LogP contribution in [-0.2, 0) is 13.6 Å². The number of urea groups is 1. The third-order valence-corrected chi connectivity index (χ3v) is 5.93. The normalized spacial score (nSPS) is 15.8. The highest BCUT2D eigenvalue weighted by atomic mass is 16.5. The van der Waals surface area contributed by atoms with Gasteiger partial charge in [0.15, 0.2) is 11.5 Å². The van der Waals surface area contributed by atoms with Crippen LogP contribution in [0.3, 0.4) is 0 Å². The first kappa shape index (κ1) is 22.4. The van der Waals surface area contributed by atoms with Crippen LogP contribution in [-0.4, -0.2) is 52.6 Å². The maximum atomic E-state index is 12.9. The molecule has 0 spiro atoms. The summed E-state index contributed by atoms with van der Waals surface area (Å²) in [6.45, 7) is 1.54. The number of benzene rings is 2. The Morgan fingerprint density at radius 2 is 1.88 bits per heavy atom. The molecule has 1 aromatic heterocycles. The van der Waals surface area contributed by atoms with Crippen LogP contribution in [0.5, 0.6) is 11.5 Å². The fourth-order valence-electron chi connectivity index (χ4n) is 4.22. The first-order valence-electron chi connectivity index (χ1n) is 11.0. The molecule has 1 N–H and O–H groups in total. The monoisotopic (exact) mass is 451 g/mol. The standard InChI is InChI=1S/C24H29N5O4/c1-27-24(31)29(19-9-5-4-6-10-19)22(26-27)18-8-7-13-28(16-18)23(30)25-15-17-11-12-20(32-2)21(14-17)33-3/h4-6,9-12,14,18H,7-8,13,15-16H2,1-3H3,(H,25,30). The molecule has 33 heavy (non-hydrogen) atoms. The van der Waals surface area contributed by atoms with E-state index in [4.69, 9.17) is 9.47 Å². The molecule has 1 unspecified atom stereocenters. The third-order valence-electron chi connectivity index (χ3n) is 5.93. The average Bonchev–Trinajstić information content (AvgIpc) is 3.16. The first-order chi connectivity index (χ1) is 16.0. The van der Waals surface area contributed by atoms with E-state index in [0.717, 1.165) is 24.1 Å². The van der Waals surface area contributed by atoms with Gasteiger partial charge in [0.1, 0.15) is 5.82 Å². The number of ether oxygens (including phenoxy) is 2. The summed E-state index contributed by atoms with van der Waals surface area (Å²) in [5.74, 6) is 1.92. The zero-order valence-electron chi connectivity index (χ0n) is 19.2. The number of nitrogens with one attached hydrogen (secondary N) is 1. The van der Waals surface area contributed by atoms with Crippen LogP contribution in [0.4, 0.5) is 4.79 Å². The SMILES string of the molecule is COc1ccc(CNC(=O)N2CCCC(c3nn(C)c(=O)n3-c3ccccc3)C2)cc1OC. The molecule has 1 aliphatic rings. The van der Waals surface area contributed by atoms with Crippen molar-refractivity contribution in [2.45, 2.75) is 25.3 Å². The summed E-state index contributed by atoms with van der Waals surface area (Å²) in [4.78, 5) is 27.5. The van der Waals surface area contributed by atoms with E-state index in [1.165, 1.54) is 4.68 Å². The molecule has 0 radical (unpaired) electrons. The van der Waals surface area contributed by atoms with Crippen molar-refractivity contribution >= 4 is 6.03 Å². The second kappa shape index (κ2) is 9.81. The van der Waals surface area contributed by atoms with Crippen LogP contribution in [0, 0.1) is 0 Å². The third kappa shape index (κ3) is 4.72. The number of methoxy groups -OCH3 is 2. The van der Waals surface area contributed by atoms with Gasteiger partial charge >= 0.3 is 11.7 Å². The Bertz CT molecular complexity index is 1170. The maximum Gasteiger partial charge on any atom is 0.350 e. The van der Waals surface area contributed by atoms with Gasteiger partial charge in [0.2, 0.25) is 0 Å². The zero-order valence-corrected chi connectivity index (χ0v) is 19.2. The lowest BCUT2D eigenvalue weighted by atomic mass is 9.97. The lowest BCUT2D eigenvalue weighted by Gasteiger charge is -2.32. The molecule has 9 heteroatoms. The largest absolute Gasteiger partial charge is 0.493 e. The highest BCUT2D eigenvalue weighted by molar-refractivity contribution is 5.74. The summed E-state index contributed by atoms with van der Waals surface area (Å²) < 4.78 is 13.6. The number of hydrogen-bond donors (Lipinski definition) is 1. The Hall–Kier alpha value is -3.75. The lowest BCUT2D eigenvalue weighted by Crippen LogP contribution is -2.45. The molecule has 0 bridgehead atoms. The molecule has 174 valence electrons. The van der Waals surface area contributed by atoms with E-state index >= 15 is 0 Å². The molecule has 3 aromatic rings. The molecule has 1 fully saturated rings. The summed E-state index contributed by atoms with van der Waals surface area (Å²) in [5, 5.41) is 7.50. The van der Waals surface area contributed by atoms with Gasteiger partial charge in [-0.25, -0.2) is 18.8 Å². The number of aryl methyl sites for hydroxylation is 1. The van der Waals surface area contributed by atoms with Crippen LogP contribution in [0.2, 0.25) is 0 Å². The Morgan fingerprint density at radius 3 is 2.61 bits per heavy atom. The number of para-hydroxylation sites is 1. The lowest BCUT2D eigenvalue weighted by molar-refractivity contribution is 0.177. The van der Waals surface area contributed by atoms with Gasteiger partial charge in [-0.1, -0.05) is 24.3 Å². The fraction of sp³-hybridized carbons (Fsp3) is 0.375. The van der Waals surface area contributed by atoms with E-state index in [2.05, 4.69) is 10.4 Å². The van der Waals surface area contributed by atoms with Gasteiger partial charge in [0.25, 0.3) is 0 Å². The predicted octanol–water partition coefficient (Wildman–Crippen LogP) is 2.68. The van der Waals surface area contributed by atoms with Gasteiger partial charge < -0.3 is 19.7 Å². The minimum atomic E-state index is -0.189. The number of rotatable bonds is 6. The second-order valence-electron chi connectivity index (χ2n) is 8.07.